The first-order valence-electron chi connectivity index (χ1n) is 5.23. The molecular weight excluding hydrogens is 183 g/mol. The van der Waals surface area contributed by atoms with Crippen LogP contribution in [0.5, 0.6) is 0 Å². The van der Waals surface area contributed by atoms with Crippen LogP contribution in [0.1, 0.15) is 0 Å². The number of rotatable bonds is 6. The fraction of sp³-hybridized carbons (Fsp3) is 0.429. The first kappa shape index (κ1) is 12.5. The molecule has 0 bridgehead atoms. The molecule has 0 aliphatic carbocycles. The molecule has 0 aliphatic heterocycles. The molecule has 0 radical (unpaired) electrons. The van der Waals surface area contributed by atoms with Crippen LogP contribution >= 0.6 is 0 Å². The summed E-state index contributed by atoms with van der Waals surface area (Å²) in [5.41, 5.74) is 3.73. The van der Waals surface area contributed by atoms with E-state index in [0.717, 1.165) is 27.8 Å². The Hall–Kier alpha value is -0.580. The van der Waals surface area contributed by atoms with Crippen molar-refractivity contribution in [2.45, 2.75) is 0 Å². The zero-order valence-corrected chi connectivity index (χ0v) is 9.72. The fourth-order valence-corrected chi connectivity index (χ4v) is 1.65. The summed E-state index contributed by atoms with van der Waals surface area (Å²) in [6.07, 6.45) is 0. The Morgan fingerprint density at radius 3 is 2.33 bits per heavy atom. The van der Waals surface area contributed by atoms with Gasteiger partial charge in [-0.3, -0.25) is 0 Å². The molecule has 76 valence electrons. The maximum absolute atomic E-state index is 4.40. The SMILES string of the molecule is CNBc1cbnc(BNC)c1BNC. The van der Waals surface area contributed by atoms with E-state index in [0.29, 0.717) is 0 Å². The molecule has 1 rings (SSSR count). The fourth-order valence-electron chi connectivity index (χ4n) is 1.65. The van der Waals surface area contributed by atoms with Crippen LogP contribution in [-0.4, -0.2) is 55.3 Å². The molecule has 1 aromatic rings. The molecule has 1 aromatic heterocycles. The third kappa shape index (κ3) is 3.48. The van der Waals surface area contributed by atoms with Crippen LogP contribution < -0.4 is 32.2 Å². The first-order valence-corrected chi connectivity index (χ1v) is 5.23. The van der Waals surface area contributed by atoms with E-state index in [1.165, 1.54) is 10.9 Å². The molecule has 4 nitrogen and oxygen atoms in total. The van der Waals surface area contributed by atoms with Crippen molar-refractivity contribution in [2.24, 2.45) is 0 Å². The summed E-state index contributed by atoms with van der Waals surface area (Å²) in [7, 11) is 10.3. The van der Waals surface area contributed by atoms with Gasteiger partial charge in [0.2, 0.25) is 0 Å². The minimum atomic E-state index is 0.814. The van der Waals surface area contributed by atoms with Crippen molar-refractivity contribution < 1.29 is 0 Å². The van der Waals surface area contributed by atoms with E-state index in [4.69, 9.17) is 0 Å². The minimum absolute atomic E-state index is 0.814. The zero-order chi connectivity index (χ0) is 11.1. The second kappa shape index (κ2) is 6.82. The van der Waals surface area contributed by atoms with Crippen LogP contribution in [-0.2, 0) is 0 Å². The van der Waals surface area contributed by atoms with Crippen LogP contribution in [0.25, 0.3) is 0 Å². The van der Waals surface area contributed by atoms with Gasteiger partial charge in [0, 0.05) is 0 Å². The van der Waals surface area contributed by atoms with Crippen molar-refractivity contribution in [2.75, 3.05) is 21.1 Å². The van der Waals surface area contributed by atoms with E-state index in [-0.39, 0.29) is 0 Å². The summed E-state index contributed by atoms with van der Waals surface area (Å²) in [5.74, 6) is 2.07. The van der Waals surface area contributed by atoms with Gasteiger partial charge in [-0.25, -0.2) is 0 Å². The molecule has 0 saturated heterocycles. The Morgan fingerprint density at radius 1 is 1.07 bits per heavy atom. The standard InChI is InChI=1S/C7H16B4N4/c1-12-9-5-4-8-15-7(11-14-3)6(5)10-13-2/h4,9-14H,1-3H3. The van der Waals surface area contributed by atoms with Crippen LogP contribution in [0.2, 0.25) is 0 Å². The van der Waals surface area contributed by atoms with Crippen molar-refractivity contribution in [3.63, 3.8) is 0 Å². The molecule has 0 atom stereocenters. The summed E-state index contributed by atoms with van der Waals surface area (Å²) >= 11 is 0. The molecular formula is C7H16B4N4. The Bertz CT molecular complexity index is 285. The monoisotopic (exact) mass is 200 g/mol. The van der Waals surface area contributed by atoms with Crippen molar-refractivity contribution in [3.05, 3.63) is 5.96 Å². The predicted molar refractivity (Wildman–Crippen MR) is 73.1 cm³/mol. The molecule has 1 heterocycles. The summed E-state index contributed by atoms with van der Waals surface area (Å²) in [5, 5.41) is 9.50. The Kier molecular flexibility index (Phi) is 5.68. The van der Waals surface area contributed by atoms with Crippen molar-refractivity contribution in [1.82, 2.24) is 20.6 Å². The third-order valence-corrected chi connectivity index (χ3v) is 2.31. The van der Waals surface area contributed by atoms with E-state index in [9.17, 15) is 0 Å². The van der Waals surface area contributed by atoms with E-state index in [1.807, 2.05) is 28.2 Å². The Labute approximate surface area is 94.0 Å². The quantitative estimate of drug-likeness (QED) is 0.402. The van der Waals surface area contributed by atoms with Gasteiger partial charge in [0.05, 0.1) is 0 Å². The van der Waals surface area contributed by atoms with Gasteiger partial charge in [-0.2, -0.15) is 0 Å². The van der Waals surface area contributed by atoms with Gasteiger partial charge >= 0.3 is 93.5 Å². The molecule has 8 heteroatoms. The average molecular weight is 199 g/mol. The molecule has 0 unspecified atom stereocenters. The molecule has 0 spiro atoms. The Balaban J connectivity index is 2.97. The molecule has 0 amide bonds. The summed E-state index contributed by atoms with van der Waals surface area (Å²) in [6.45, 7) is 0. The van der Waals surface area contributed by atoms with E-state index < -0.39 is 0 Å². The third-order valence-electron chi connectivity index (χ3n) is 2.31. The van der Waals surface area contributed by atoms with Gasteiger partial charge in [-0.15, -0.1) is 0 Å². The van der Waals surface area contributed by atoms with Crippen LogP contribution in [0.3, 0.4) is 0 Å². The van der Waals surface area contributed by atoms with Crippen LogP contribution in [0.4, 0.5) is 0 Å². The second-order valence-corrected chi connectivity index (χ2v) is 3.49. The second-order valence-electron chi connectivity index (χ2n) is 3.49. The zero-order valence-electron chi connectivity index (χ0n) is 9.72. The van der Waals surface area contributed by atoms with Gasteiger partial charge < -0.3 is 0 Å². The number of nitrogens with one attached hydrogen (secondary N) is 3. The predicted octanol–water partition coefficient (Wildman–Crippen LogP) is -4.99. The summed E-state index contributed by atoms with van der Waals surface area (Å²) in [4.78, 5) is 4.40. The summed E-state index contributed by atoms with van der Waals surface area (Å²) in [6, 6.07) is 0. The molecule has 3 N–H and O–H groups in total. The van der Waals surface area contributed by atoms with Gasteiger partial charge in [-0.05, 0) is 0 Å². The molecule has 0 fully saturated rings. The van der Waals surface area contributed by atoms with Crippen molar-refractivity contribution >= 4 is 45.8 Å². The van der Waals surface area contributed by atoms with Crippen molar-refractivity contribution in [3.8, 4) is 0 Å². The van der Waals surface area contributed by atoms with Gasteiger partial charge in [0.25, 0.3) is 0 Å². The molecule has 0 saturated carbocycles. The van der Waals surface area contributed by atoms with Gasteiger partial charge in [-0.1, -0.05) is 0 Å². The van der Waals surface area contributed by atoms with Gasteiger partial charge in [0.1, 0.15) is 0 Å². The first-order chi connectivity index (χ1) is 7.33. The van der Waals surface area contributed by atoms with Gasteiger partial charge in [0.15, 0.2) is 0 Å². The molecule has 0 aromatic carbocycles. The number of nitrogens with zero attached hydrogens (tertiary/aromatic N) is 1. The Morgan fingerprint density at radius 2 is 1.73 bits per heavy atom. The molecule has 15 heavy (non-hydrogen) atoms. The van der Waals surface area contributed by atoms with Crippen LogP contribution in [0.15, 0.2) is 5.96 Å². The topological polar surface area (TPSA) is 49.0 Å². The normalized spacial score (nSPS) is 9.53. The average Bonchev–Trinajstić information content (AvgIpc) is 2.23. The van der Waals surface area contributed by atoms with E-state index in [1.54, 1.807) is 0 Å². The summed E-state index contributed by atoms with van der Waals surface area (Å²) < 4.78 is 0. The number of hydrogen-bond donors (Lipinski definition) is 3. The maximum atomic E-state index is 4.40. The molecule has 0 aliphatic rings. The number of hydrogen-bond acceptors (Lipinski definition) is 4. The van der Waals surface area contributed by atoms with Crippen LogP contribution in [0, 0.1) is 0 Å². The number of aromatic nitrogens is 1. The van der Waals surface area contributed by atoms with Crippen molar-refractivity contribution in [1.29, 1.82) is 0 Å². The van der Waals surface area contributed by atoms with E-state index >= 15 is 0 Å². The van der Waals surface area contributed by atoms with E-state index in [2.05, 4.69) is 26.5 Å².